The fourth-order valence-electron chi connectivity index (χ4n) is 3.73. The first kappa shape index (κ1) is 22.3. The van der Waals surface area contributed by atoms with E-state index >= 15 is 0 Å². The number of nitriles is 1. The third-order valence-electron chi connectivity index (χ3n) is 5.37. The maximum absolute atomic E-state index is 14.9. The zero-order valence-corrected chi connectivity index (χ0v) is 16.8. The van der Waals surface area contributed by atoms with E-state index in [1.807, 2.05) is 0 Å². The first-order valence-corrected chi connectivity index (χ1v) is 9.72. The topological polar surface area (TPSA) is 78.1 Å². The van der Waals surface area contributed by atoms with Crippen molar-refractivity contribution >= 4 is 22.5 Å². The number of benzene rings is 2. The van der Waals surface area contributed by atoms with Gasteiger partial charge in [-0.05, 0) is 24.3 Å². The number of rotatable bonds is 3. The predicted molar refractivity (Wildman–Crippen MR) is 109 cm³/mol. The lowest BCUT2D eigenvalue weighted by Crippen LogP contribution is -2.48. The van der Waals surface area contributed by atoms with Crippen molar-refractivity contribution in [3.63, 3.8) is 0 Å². The number of aromatic nitrogens is 1. The van der Waals surface area contributed by atoms with E-state index in [2.05, 4.69) is 5.32 Å². The number of alkyl halides is 3. The smallest absolute Gasteiger partial charge is 0.358 e. The average molecular weight is 462 g/mol. The van der Waals surface area contributed by atoms with E-state index in [9.17, 15) is 36.8 Å². The van der Waals surface area contributed by atoms with Crippen LogP contribution >= 0.6 is 0 Å². The second kappa shape index (κ2) is 8.20. The minimum Gasteiger partial charge on any atom is -0.358 e. The number of piperazine rings is 1. The molecule has 2 aromatic carbocycles. The molecule has 11 heteroatoms. The largest absolute Gasteiger partial charge is 0.416 e. The van der Waals surface area contributed by atoms with Crippen LogP contribution < -0.4 is 15.6 Å². The normalized spacial score (nSPS) is 14.3. The van der Waals surface area contributed by atoms with Crippen LogP contribution in [0, 0.1) is 23.0 Å². The molecule has 1 aliphatic heterocycles. The van der Waals surface area contributed by atoms with Gasteiger partial charge < -0.3 is 14.8 Å². The van der Waals surface area contributed by atoms with Crippen LogP contribution in [0.2, 0.25) is 0 Å². The number of carbonyl (C=O) groups is 1. The zero-order chi connectivity index (χ0) is 23.9. The SMILES string of the molecule is N#Cc1cn(Cc2ccc(C(F)(F)F)cc2F)c2cc(N3CCNC(=O)C3)c(F)cc2c1=O. The minimum absolute atomic E-state index is 0.0306. The van der Waals surface area contributed by atoms with E-state index in [0.29, 0.717) is 12.6 Å². The number of halogens is 5. The molecule has 1 amide bonds. The van der Waals surface area contributed by atoms with Gasteiger partial charge in [0.2, 0.25) is 11.3 Å². The maximum atomic E-state index is 14.9. The molecule has 170 valence electrons. The summed E-state index contributed by atoms with van der Waals surface area (Å²) >= 11 is 0. The summed E-state index contributed by atoms with van der Waals surface area (Å²) in [4.78, 5) is 25.8. The van der Waals surface area contributed by atoms with Crippen molar-refractivity contribution in [2.45, 2.75) is 12.7 Å². The summed E-state index contributed by atoms with van der Waals surface area (Å²) in [5, 5.41) is 11.8. The van der Waals surface area contributed by atoms with E-state index < -0.39 is 28.8 Å². The number of amides is 1. The molecular formula is C22H15F5N4O2. The number of nitrogens with one attached hydrogen (secondary N) is 1. The monoisotopic (exact) mass is 462 g/mol. The molecule has 0 aliphatic carbocycles. The molecule has 0 spiro atoms. The molecule has 6 nitrogen and oxygen atoms in total. The lowest BCUT2D eigenvalue weighted by Gasteiger charge is -2.29. The Morgan fingerprint density at radius 3 is 2.48 bits per heavy atom. The van der Waals surface area contributed by atoms with Crippen LogP contribution in [0.4, 0.5) is 27.6 Å². The molecule has 33 heavy (non-hydrogen) atoms. The summed E-state index contributed by atoms with van der Waals surface area (Å²) in [5.41, 5.74) is -2.18. The minimum atomic E-state index is -4.72. The molecule has 3 aromatic rings. The molecule has 1 saturated heterocycles. The second-order valence-electron chi connectivity index (χ2n) is 7.51. The molecule has 1 aromatic heterocycles. The van der Waals surface area contributed by atoms with Crippen LogP contribution in [-0.2, 0) is 17.5 Å². The Hall–Kier alpha value is -3.94. The fraction of sp³-hybridized carbons (Fsp3) is 0.227. The molecule has 1 aliphatic rings. The molecule has 4 rings (SSSR count). The Morgan fingerprint density at radius 1 is 1.09 bits per heavy atom. The predicted octanol–water partition coefficient (Wildman–Crippen LogP) is 3.15. The molecule has 0 bridgehead atoms. The van der Waals surface area contributed by atoms with Gasteiger partial charge in [0.1, 0.15) is 23.3 Å². The quantitative estimate of drug-likeness (QED) is 0.607. The molecule has 0 unspecified atom stereocenters. The number of carbonyl (C=O) groups excluding carboxylic acids is 1. The molecule has 1 N–H and O–H groups in total. The van der Waals surface area contributed by atoms with Crippen molar-refractivity contribution in [2.24, 2.45) is 0 Å². The molecule has 2 heterocycles. The summed E-state index contributed by atoms with van der Waals surface area (Å²) in [7, 11) is 0. The molecule has 0 saturated carbocycles. The van der Waals surface area contributed by atoms with E-state index in [1.165, 1.54) is 15.5 Å². The van der Waals surface area contributed by atoms with Gasteiger partial charge in [-0.1, -0.05) is 6.07 Å². The van der Waals surface area contributed by atoms with Crippen molar-refractivity contribution in [3.8, 4) is 6.07 Å². The summed E-state index contributed by atoms with van der Waals surface area (Å²) in [6.07, 6.45) is -3.57. The summed E-state index contributed by atoms with van der Waals surface area (Å²) in [6.45, 7) is 0.160. The van der Waals surface area contributed by atoms with Crippen molar-refractivity contribution < 1.29 is 26.7 Å². The summed E-state index contributed by atoms with van der Waals surface area (Å²) in [6, 6.07) is 6.01. The Balaban J connectivity index is 1.86. The average Bonchev–Trinajstić information content (AvgIpc) is 2.76. The van der Waals surface area contributed by atoms with Crippen molar-refractivity contribution in [3.05, 3.63) is 75.1 Å². The molecule has 0 atom stereocenters. The first-order valence-electron chi connectivity index (χ1n) is 9.72. The van der Waals surface area contributed by atoms with Crippen molar-refractivity contribution in [1.82, 2.24) is 9.88 Å². The van der Waals surface area contributed by atoms with E-state index in [4.69, 9.17) is 0 Å². The summed E-state index contributed by atoms with van der Waals surface area (Å²) in [5.74, 6) is -2.22. The van der Waals surface area contributed by atoms with Gasteiger partial charge in [-0.3, -0.25) is 9.59 Å². The second-order valence-corrected chi connectivity index (χ2v) is 7.51. The highest BCUT2D eigenvalue weighted by Crippen LogP contribution is 2.31. The van der Waals surface area contributed by atoms with Gasteiger partial charge in [-0.2, -0.15) is 18.4 Å². The van der Waals surface area contributed by atoms with Crippen LogP contribution in [-0.4, -0.2) is 30.1 Å². The van der Waals surface area contributed by atoms with Gasteiger partial charge in [0.15, 0.2) is 0 Å². The van der Waals surface area contributed by atoms with Gasteiger partial charge in [0, 0.05) is 24.8 Å². The van der Waals surface area contributed by atoms with Crippen LogP contribution in [0.15, 0.2) is 41.3 Å². The number of anilines is 1. The van der Waals surface area contributed by atoms with E-state index in [-0.39, 0.29) is 53.3 Å². The number of hydrogen-bond acceptors (Lipinski definition) is 4. The van der Waals surface area contributed by atoms with Crippen LogP contribution in [0.25, 0.3) is 10.9 Å². The summed E-state index contributed by atoms with van der Waals surface area (Å²) < 4.78 is 69.2. The van der Waals surface area contributed by atoms with Gasteiger partial charge in [0.25, 0.3) is 0 Å². The standard InChI is InChI=1S/C22H15F5N4O2/c23-16-5-14(22(25,26)27)2-1-12(16)9-31-10-13(8-28)21(33)15-6-17(24)19(7-18(15)31)30-4-3-29-20(32)11-30/h1-2,5-7,10H,3-4,9,11H2,(H,29,32). The Bertz CT molecular complexity index is 1370. The van der Waals surface area contributed by atoms with Gasteiger partial charge in [-0.15, -0.1) is 0 Å². The molecule has 0 radical (unpaired) electrons. The third kappa shape index (κ3) is 4.24. The third-order valence-corrected chi connectivity index (χ3v) is 5.37. The van der Waals surface area contributed by atoms with Crippen LogP contribution in [0.5, 0.6) is 0 Å². The maximum Gasteiger partial charge on any atom is 0.416 e. The highest BCUT2D eigenvalue weighted by molar-refractivity contribution is 5.87. The Labute approximate surface area is 183 Å². The Morgan fingerprint density at radius 2 is 1.85 bits per heavy atom. The highest BCUT2D eigenvalue weighted by Gasteiger charge is 2.31. The van der Waals surface area contributed by atoms with Gasteiger partial charge in [-0.25, -0.2) is 8.78 Å². The van der Waals surface area contributed by atoms with Crippen LogP contribution in [0.1, 0.15) is 16.7 Å². The fourth-order valence-corrected chi connectivity index (χ4v) is 3.73. The van der Waals surface area contributed by atoms with Gasteiger partial charge >= 0.3 is 6.18 Å². The first-order chi connectivity index (χ1) is 15.6. The molecular weight excluding hydrogens is 447 g/mol. The lowest BCUT2D eigenvalue weighted by molar-refractivity contribution is -0.137. The number of fused-ring (bicyclic) bond motifs is 1. The zero-order valence-electron chi connectivity index (χ0n) is 16.8. The van der Waals surface area contributed by atoms with Crippen LogP contribution in [0.3, 0.4) is 0 Å². The highest BCUT2D eigenvalue weighted by atomic mass is 19.4. The lowest BCUT2D eigenvalue weighted by atomic mass is 10.1. The molecule has 1 fully saturated rings. The number of nitrogens with zero attached hydrogens (tertiary/aromatic N) is 3. The van der Waals surface area contributed by atoms with E-state index in [1.54, 1.807) is 6.07 Å². The number of pyridine rings is 1. The van der Waals surface area contributed by atoms with Gasteiger partial charge in [0.05, 0.1) is 35.2 Å². The Kier molecular flexibility index (Phi) is 5.53. The van der Waals surface area contributed by atoms with E-state index in [0.717, 1.165) is 24.4 Å². The number of hydrogen-bond donors (Lipinski definition) is 1. The van der Waals surface area contributed by atoms with Crippen molar-refractivity contribution in [2.75, 3.05) is 24.5 Å². The van der Waals surface area contributed by atoms with Crippen molar-refractivity contribution in [1.29, 1.82) is 5.26 Å².